The molecule has 3 rings (SSSR count). The number of hydrogen-bond donors (Lipinski definition) is 2. The zero-order valence-corrected chi connectivity index (χ0v) is 15.6. The van der Waals surface area contributed by atoms with Gasteiger partial charge < -0.3 is 19.8 Å². The molecule has 2 N–H and O–H groups in total. The van der Waals surface area contributed by atoms with Gasteiger partial charge in [-0.05, 0) is 36.8 Å². The standard InChI is InChI=1S/C21H20N2O5/c1-13-11-20(25)28-18-12-14(7-8-15(13)18)23-19(24)9-10-22-21(26)16-5-3-4-6-17(16)27-2/h3-8,11-12H,9-10H2,1-2H3,(H,22,26)(H,23,24). The molecule has 0 bridgehead atoms. The minimum Gasteiger partial charge on any atom is -0.496 e. The van der Waals surface area contributed by atoms with Crippen LogP contribution in [0.25, 0.3) is 11.0 Å². The van der Waals surface area contributed by atoms with Gasteiger partial charge in [0.1, 0.15) is 11.3 Å². The van der Waals surface area contributed by atoms with Crippen LogP contribution in [0.5, 0.6) is 5.75 Å². The van der Waals surface area contributed by atoms with E-state index in [1.165, 1.54) is 13.2 Å². The van der Waals surface area contributed by atoms with Crippen LogP contribution < -0.4 is 21.0 Å². The number of fused-ring (bicyclic) bond motifs is 1. The summed E-state index contributed by atoms with van der Waals surface area (Å²) in [5.74, 6) is -0.111. The molecule has 0 aliphatic rings. The highest BCUT2D eigenvalue weighted by atomic mass is 16.5. The fourth-order valence-electron chi connectivity index (χ4n) is 2.84. The molecule has 28 heavy (non-hydrogen) atoms. The molecule has 0 atom stereocenters. The minimum absolute atomic E-state index is 0.0939. The van der Waals surface area contributed by atoms with Crippen LogP contribution in [0.2, 0.25) is 0 Å². The third kappa shape index (κ3) is 4.37. The van der Waals surface area contributed by atoms with Gasteiger partial charge >= 0.3 is 5.63 Å². The highest BCUT2D eigenvalue weighted by Gasteiger charge is 2.12. The number of methoxy groups -OCH3 is 1. The zero-order chi connectivity index (χ0) is 20.1. The van der Waals surface area contributed by atoms with E-state index in [1.807, 2.05) is 6.92 Å². The first-order valence-electron chi connectivity index (χ1n) is 8.73. The van der Waals surface area contributed by atoms with E-state index < -0.39 is 5.63 Å². The molecule has 0 spiro atoms. The molecule has 3 aromatic rings. The molecule has 0 aliphatic heterocycles. The number of amides is 2. The van der Waals surface area contributed by atoms with Crippen LogP contribution in [-0.2, 0) is 4.79 Å². The number of nitrogens with one attached hydrogen (secondary N) is 2. The van der Waals surface area contributed by atoms with Crippen LogP contribution in [0.1, 0.15) is 22.3 Å². The van der Waals surface area contributed by atoms with Gasteiger partial charge in [-0.1, -0.05) is 12.1 Å². The Labute approximate surface area is 161 Å². The molecule has 0 saturated carbocycles. The second-order valence-corrected chi connectivity index (χ2v) is 6.21. The maximum atomic E-state index is 12.2. The monoisotopic (exact) mass is 380 g/mol. The van der Waals surface area contributed by atoms with E-state index in [4.69, 9.17) is 9.15 Å². The topological polar surface area (TPSA) is 97.6 Å². The Kier molecular flexibility index (Phi) is 5.74. The van der Waals surface area contributed by atoms with Crippen molar-refractivity contribution in [2.45, 2.75) is 13.3 Å². The van der Waals surface area contributed by atoms with Crippen LogP contribution in [-0.4, -0.2) is 25.5 Å². The van der Waals surface area contributed by atoms with E-state index in [2.05, 4.69) is 10.6 Å². The Morgan fingerprint density at radius 2 is 1.89 bits per heavy atom. The SMILES string of the molecule is COc1ccccc1C(=O)NCCC(=O)Nc1ccc2c(C)cc(=O)oc2c1. The van der Waals surface area contributed by atoms with E-state index in [0.717, 1.165) is 10.9 Å². The number of benzene rings is 2. The lowest BCUT2D eigenvalue weighted by molar-refractivity contribution is -0.116. The number of rotatable bonds is 6. The largest absolute Gasteiger partial charge is 0.496 e. The molecule has 0 unspecified atom stereocenters. The lowest BCUT2D eigenvalue weighted by Gasteiger charge is -2.10. The highest BCUT2D eigenvalue weighted by molar-refractivity contribution is 5.98. The summed E-state index contributed by atoms with van der Waals surface area (Å²) < 4.78 is 10.3. The molecule has 0 fully saturated rings. The Bertz CT molecular complexity index is 1090. The number of para-hydroxylation sites is 1. The number of hydrogen-bond acceptors (Lipinski definition) is 5. The summed E-state index contributed by atoms with van der Waals surface area (Å²) in [6.07, 6.45) is 0.0939. The molecule has 0 saturated heterocycles. The Hall–Kier alpha value is -3.61. The summed E-state index contributed by atoms with van der Waals surface area (Å²) in [4.78, 5) is 35.9. The molecule has 0 radical (unpaired) electrons. The molecule has 7 heteroatoms. The molecular weight excluding hydrogens is 360 g/mol. The van der Waals surface area contributed by atoms with Gasteiger partial charge in [0.15, 0.2) is 0 Å². The lowest BCUT2D eigenvalue weighted by Crippen LogP contribution is -2.28. The zero-order valence-electron chi connectivity index (χ0n) is 15.6. The summed E-state index contributed by atoms with van der Waals surface area (Å²) in [7, 11) is 1.49. The quantitative estimate of drug-likeness (QED) is 0.641. The Balaban J connectivity index is 1.58. The summed E-state index contributed by atoms with van der Waals surface area (Å²) in [5, 5.41) is 6.23. The molecule has 0 aliphatic carbocycles. The summed E-state index contributed by atoms with van der Waals surface area (Å²) in [5.41, 5.74) is 1.70. The highest BCUT2D eigenvalue weighted by Crippen LogP contribution is 2.21. The van der Waals surface area contributed by atoms with E-state index in [0.29, 0.717) is 22.6 Å². The van der Waals surface area contributed by atoms with Gasteiger partial charge in [-0.2, -0.15) is 0 Å². The minimum atomic E-state index is -0.437. The molecular formula is C21H20N2O5. The first-order valence-corrected chi connectivity index (χ1v) is 8.73. The van der Waals surface area contributed by atoms with Crippen molar-refractivity contribution in [3.8, 4) is 5.75 Å². The first-order chi connectivity index (χ1) is 13.5. The molecule has 2 aromatic carbocycles. The third-order valence-electron chi connectivity index (χ3n) is 4.22. The van der Waals surface area contributed by atoms with E-state index in [1.54, 1.807) is 42.5 Å². The van der Waals surface area contributed by atoms with Crippen molar-refractivity contribution in [3.05, 3.63) is 70.1 Å². The van der Waals surface area contributed by atoms with Gasteiger partial charge in [-0.15, -0.1) is 0 Å². The van der Waals surface area contributed by atoms with Crippen LogP contribution in [0.3, 0.4) is 0 Å². The van der Waals surface area contributed by atoms with Gasteiger partial charge in [0.2, 0.25) is 5.91 Å². The first kappa shape index (κ1) is 19.2. The number of ether oxygens (including phenoxy) is 1. The van der Waals surface area contributed by atoms with Crippen molar-refractivity contribution in [1.29, 1.82) is 0 Å². The van der Waals surface area contributed by atoms with Crippen molar-refractivity contribution in [2.75, 3.05) is 19.0 Å². The van der Waals surface area contributed by atoms with Crippen molar-refractivity contribution in [3.63, 3.8) is 0 Å². The number of aryl methyl sites for hydroxylation is 1. The maximum Gasteiger partial charge on any atom is 0.336 e. The van der Waals surface area contributed by atoms with E-state index in [-0.39, 0.29) is 24.8 Å². The molecule has 1 aromatic heterocycles. The van der Waals surface area contributed by atoms with Crippen LogP contribution in [0, 0.1) is 6.92 Å². The predicted molar refractivity (Wildman–Crippen MR) is 106 cm³/mol. The average molecular weight is 380 g/mol. The van der Waals surface area contributed by atoms with Crippen molar-refractivity contribution in [1.82, 2.24) is 5.32 Å². The smallest absolute Gasteiger partial charge is 0.336 e. The van der Waals surface area contributed by atoms with Gasteiger partial charge in [-0.3, -0.25) is 9.59 Å². The van der Waals surface area contributed by atoms with E-state index >= 15 is 0 Å². The van der Waals surface area contributed by atoms with Gasteiger partial charge in [0.05, 0.1) is 12.7 Å². The lowest BCUT2D eigenvalue weighted by atomic mass is 10.1. The van der Waals surface area contributed by atoms with Crippen LogP contribution in [0.4, 0.5) is 5.69 Å². The summed E-state index contributed by atoms with van der Waals surface area (Å²) in [6.45, 7) is 1.99. The Morgan fingerprint density at radius 1 is 1.11 bits per heavy atom. The van der Waals surface area contributed by atoms with Gasteiger partial charge in [0, 0.05) is 36.2 Å². The predicted octanol–water partition coefficient (Wildman–Crippen LogP) is 2.87. The fraction of sp³-hybridized carbons (Fsp3) is 0.190. The summed E-state index contributed by atoms with van der Waals surface area (Å²) in [6, 6.07) is 13.4. The van der Waals surface area contributed by atoms with Crippen LogP contribution in [0.15, 0.2) is 57.7 Å². The number of carbonyl (C=O) groups is 2. The van der Waals surface area contributed by atoms with Crippen molar-refractivity contribution in [2.24, 2.45) is 0 Å². The molecule has 1 heterocycles. The van der Waals surface area contributed by atoms with E-state index in [9.17, 15) is 14.4 Å². The molecule has 144 valence electrons. The Morgan fingerprint density at radius 3 is 2.68 bits per heavy atom. The van der Waals surface area contributed by atoms with Crippen molar-refractivity contribution >= 4 is 28.5 Å². The van der Waals surface area contributed by atoms with Gasteiger partial charge in [-0.25, -0.2) is 4.79 Å². The van der Waals surface area contributed by atoms with Crippen LogP contribution >= 0.6 is 0 Å². The second-order valence-electron chi connectivity index (χ2n) is 6.21. The number of anilines is 1. The third-order valence-corrected chi connectivity index (χ3v) is 4.22. The second kappa shape index (κ2) is 8.39. The van der Waals surface area contributed by atoms with Gasteiger partial charge in [0.25, 0.3) is 5.91 Å². The molecule has 7 nitrogen and oxygen atoms in total. The normalized spacial score (nSPS) is 10.5. The van der Waals surface area contributed by atoms with Crippen molar-refractivity contribution < 1.29 is 18.7 Å². The fourth-order valence-corrected chi connectivity index (χ4v) is 2.84. The summed E-state index contributed by atoms with van der Waals surface area (Å²) >= 11 is 0. The molecule has 2 amide bonds. The number of carbonyl (C=O) groups excluding carboxylic acids is 2. The maximum absolute atomic E-state index is 12.2. The average Bonchev–Trinajstić information content (AvgIpc) is 2.67.